The first kappa shape index (κ1) is 13.5. The number of aryl methyl sites for hydroxylation is 1. The standard InChI is InChI=1S/C15H12Br2O/c16-12-7-8-14(17)13(10-12)15(18)9-6-11-4-2-1-3-5-11/h1-5,7-8,10H,6,9H2. The highest BCUT2D eigenvalue weighted by Crippen LogP contribution is 2.23. The molecule has 2 aromatic carbocycles. The fourth-order valence-corrected chi connectivity index (χ4v) is 2.58. The molecule has 92 valence electrons. The van der Waals surface area contributed by atoms with Gasteiger partial charge >= 0.3 is 0 Å². The van der Waals surface area contributed by atoms with E-state index in [0.717, 1.165) is 20.9 Å². The topological polar surface area (TPSA) is 17.1 Å². The van der Waals surface area contributed by atoms with Gasteiger partial charge in [-0.15, -0.1) is 0 Å². The Labute approximate surface area is 123 Å². The highest BCUT2D eigenvalue weighted by molar-refractivity contribution is 9.11. The second kappa shape index (κ2) is 6.30. The molecule has 18 heavy (non-hydrogen) atoms. The summed E-state index contributed by atoms with van der Waals surface area (Å²) >= 11 is 6.80. The van der Waals surface area contributed by atoms with Crippen LogP contribution in [0.25, 0.3) is 0 Å². The van der Waals surface area contributed by atoms with E-state index in [9.17, 15) is 4.79 Å². The fraction of sp³-hybridized carbons (Fsp3) is 0.133. The number of rotatable bonds is 4. The van der Waals surface area contributed by atoms with Crippen molar-refractivity contribution in [2.45, 2.75) is 12.8 Å². The van der Waals surface area contributed by atoms with Crippen LogP contribution in [0.5, 0.6) is 0 Å². The SMILES string of the molecule is O=C(CCc1ccccc1)c1cc(Br)ccc1Br. The van der Waals surface area contributed by atoms with E-state index in [1.165, 1.54) is 5.56 Å². The van der Waals surface area contributed by atoms with Gasteiger partial charge in [0.1, 0.15) is 0 Å². The van der Waals surface area contributed by atoms with Gasteiger partial charge in [-0.2, -0.15) is 0 Å². The molecule has 2 aromatic rings. The Kier molecular flexibility index (Phi) is 4.72. The van der Waals surface area contributed by atoms with Crippen LogP contribution in [0.2, 0.25) is 0 Å². The molecule has 0 saturated heterocycles. The molecular formula is C15H12Br2O. The molecule has 0 aromatic heterocycles. The molecule has 0 radical (unpaired) electrons. The van der Waals surface area contributed by atoms with Crippen molar-refractivity contribution in [2.24, 2.45) is 0 Å². The number of Topliss-reactive ketones (excluding diaryl/α,β-unsaturated/α-hetero) is 1. The van der Waals surface area contributed by atoms with Crippen LogP contribution in [0.3, 0.4) is 0 Å². The zero-order valence-electron chi connectivity index (χ0n) is 9.70. The van der Waals surface area contributed by atoms with Crippen molar-refractivity contribution in [3.63, 3.8) is 0 Å². The predicted molar refractivity (Wildman–Crippen MR) is 80.9 cm³/mol. The second-order valence-corrected chi connectivity index (χ2v) is 5.80. The molecule has 0 fully saturated rings. The average Bonchev–Trinajstić information content (AvgIpc) is 2.40. The van der Waals surface area contributed by atoms with Crippen LogP contribution in [-0.2, 0) is 6.42 Å². The molecule has 0 aliphatic carbocycles. The summed E-state index contributed by atoms with van der Waals surface area (Å²) in [4.78, 5) is 12.1. The Hall–Kier alpha value is -0.930. The van der Waals surface area contributed by atoms with Gasteiger partial charge in [-0.25, -0.2) is 0 Å². The number of benzene rings is 2. The smallest absolute Gasteiger partial charge is 0.164 e. The quantitative estimate of drug-likeness (QED) is 0.693. The lowest BCUT2D eigenvalue weighted by molar-refractivity contribution is 0.0982. The first-order valence-electron chi connectivity index (χ1n) is 5.69. The van der Waals surface area contributed by atoms with Gasteiger partial charge in [-0.3, -0.25) is 4.79 Å². The Bertz CT molecular complexity index is 550. The summed E-state index contributed by atoms with van der Waals surface area (Å²) in [7, 11) is 0. The summed E-state index contributed by atoms with van der Waals surface area (Å²) in [5.41, 5.74) is 1.93. The van der Waals surface area contributed by atoms with E-state index >= 15 is 0 Å². The second-order valence-electron chi connectivity index (χ2n) is 4.03. The van der Waals surface area contributed by atoms with E-state index in [2.05, 4.69) is 31.9 Å². The van der Waals surface area contributed by atoms with Crippen LogP contribution in [0.15, 0.2) is 57.5 Å². The average molecular weight is 368 g/mol. The molecule has 0 atom stereocenters. The van der Waals surface area contributed by atoms with Crippen molar-refractivity contribution in [2.75, 3.05) is 0 Å². The van der Waals surface area contributed by atoms with E-state index in [4.69, 9.17) is 0 Å². The van der Waals surface area contributed by atoms with Crippen LogP contribution in [0, 0.1) is 0 Å². The Morgan fingerprint density at radius 3 is 2.44 bits per heavy atom. The third-order valence-corrected chi connectivity index (χ3v) is 3.90. The number of carbonyl (C=O) groups excluding carboxylic acids is 1. The molecule has 0 bridgehead atoms. The summed E-state index contributed by atoms with van der Waals surface area (Å²) in [5.74, 6) is 0.159. The predicted octanol–water partition coefficient (Wildman–Crippen LogP) is 5.03. The number of carbonyl (C=O) groups is 1. The summed E-state index contributed by atoms with van der Waals surface area (Å²) in [6, 6.07) is 15.7. The van der Waals surface area contributed by atoms with E-state index in [1.807, 2.05) is 48.5 Å². The number of halogens is 2. The van der Waals surface area contributed by atoms with Crippen molar-refractivity contribution < 1.29 is 4.79 Å². The molecule has 0 spiro atoms. The zero-order chi connectivity index (χ0) is 13.0. The van der Waals surface area contributed by atoms with E-state index in [1.54, 1.807) is 0 Å². The summed E-state index contributed by atoms with van der Waals surface area (Å²) in [6.45, 7) is 0. The van der Waals surface area contributed by atoms with Crippen LogP contribution >= 0.6 is 31.9 Å². The lowest BCUT2D eigenvalue weighted by Crippen LogP contribution is -2.02. The van der Waals surface area contributed by atoms with Crippen LogP contribution < -0.4 is 0 Å². The van der Waals surface area contributed by atoms with E-state index in [-0.39, 0.29) is 5.78 Å². The first-order valence-corrected chi connectivity index (χ1v) is 7.27. The van der Waals surface area contributed by atoms with Gasteiger partial charge in [0.25, 0.3) is 0 Å². The number of ketones is 1. The summed E-state index contributed by atoms with van der Waals surface area (Å²) in [5, 5.41) is 0. The number of hydrogen-bond acceptors (Lipinski definition) is 1. The third kappa shape index (κ3) is 3.53. The lowest BCUT2D eigenvalue weighted by atomic mass is 10.0. The van der Waals surface area contributed by atoms with Crippen LogP contribution in [0.4, 0.5) is 0 Å². The normalized spacial score (nSPS) is 10.3. The van der Waals surface area contributed by atoms with Crippen LogP contribution in [0.1, 0.15) is 22.3 Å². The van der Waals surface area contributed by atoms with Crippen molar-refractivity contribution >= 4 is 37.6 Å². The fourth-order valence-electron chi connectivity index (χ4n) is 1.75. The van der Waals surface area contributed by atoms with Gasteiger partial charge in [0.2, 0.25) is 0 Å². The number of hydrogen-bond donors (Lipinski definition) is 0. The Morgan fingerprint density at radius 1 is 1.00 bits per heavy atom. The van der Waals surface area contributed by atoms with E-state index < -0.39 is 0 Å². The van der Waals surface area contributed by atoms with Gasteiger partial charge in [-0.1, -0.05) is 62.2 Å². The van der Waals surface area contributed by atoms with Gasteiger partial charge in [0.15, 0.2) is 5.78 Å². The maximum atomic E-state index is 12.1. The molecule has 2 rings (SSSR count). The van der Waals surface area contributed by atoms with E-state index in [0.29, 0.717) is 6.42 Å². The maximum absolute atomic E-state index is 12.1. The maximum Gasteiger partial charge on any atom is 0.164 e. The van der Waals surface area contributed by atoms with Crippen molar-refractivity contribution in [1.29, 1.82) is 0 Å². The van der Waals surface area contributed by atoms with Gasteiger partial charge in [-0.05, 0) is 30.2 Å². The van der Waals surface area contributed by atoms with Gasteiger partial charge in [0.05, 0.1) is 0 Å². The molecule has 0 amide bonds. The molecule has 0 aliphatic heterocycles. The minimum atomic E-state index is 0.159. The highest BCUT2D eigenvalue weighted by atomic mass is 79.9. The molecule has 0 aliphatic rings. The lowest BCUT2D eigenvalue weighted by Gasteiger charge is -2.05. The molecule has 0 saturated carbocycles. The zero-order valence-corrected chi connectivity index (χ0v) is 12.9. The van der Waals surface area contributed by atoms with Crippen LogP contribution in [-0.4, -0.2) is 5.78 Å². The monoisotopic (exact) mass is 366 g/mol. The molecule has 0 unspecified atom stereocenters. The summed E-state index contributed by atoms with van der Waals surface area (Å²) in [6.07, 6.45) is 1.30. The van der Waals surface area contributed by atoms with Crippen molar-refractivity contribution in [3.8, 4) is 0 Å². The molecule has 3 heteroatoms. The summed E-state index contributed by atoms with van der Waals surface area (Å²) < 4.78 is 1.78. The van der Waals surface area contributed by atoms with Gasteiger partial charge < -0.3 is 0 Å². The molecule has 0 N–H and O–H groups in total. The van der Waals surface area contributed by atoms with Gasteiger partial charge in [0, 0.05) is 20.9 Å². The largest absolute Gasteiger partial charge is 0.294 e. The third-order valence-electron chi connectivity index (χ3n) is 2.71. The van der Waals surface area contributed by atoms with Crippen molar-refractivity contribution in [3.05, 3.63) is 68.6 Å². The highest BCUT2D eigenvalue weighted by Gasteiger charge is 2.10. The Balaban J connectivity index is 2.06. The molecule has 0 heterocycles. The minimum Gasteiger partial charge on any atom is -0.294 e. The minimum absolute atomic E-state index is 0.159. The van der Waals surface area contributed by atoms with Crippen molar-refractivity contribution in [1.82, 2.24) is 0 Å². The molecular weight excluding hydrogens is 356 g/mol. The Morgan fingerprint density at radius 2 is 1.72 bits per heavy atom. The first-order chi connectivity index (χ1) is 8.66. The molecule has 1 nitrogen and oxygen atoms in total.